The van der Waals surface area contributed by atoms with Crippen molar-refractivity contribution in [1.82, 2.24) is 0 Å². The molecule has 0 N–H and O–H groups in total. The molecule has 0 aliphatic carbocycles. The molecule has 7 heteroatoms. The number of carbonyl (C=O) groups excluding carboxylic acids is 4. The van der Waals surface area contributed by atoms with Crippen LogP contribution in [0.2, 0.25) is 5.02 Å². The van der Waals surface area contributed by atoms with Crippen LogP contribution in [0.5, 0.6) is 0 Å². The van der Waals surface area contributed by atoms with Crippen molar-refractivity contribution in [1.29, 1.82) is 0 Å². The number of para-hydroxylation sites is 4. The number of amides is 2. The molecule has 2 heterocycles. The number of anilines is 4. The lowest BCUT2D eigenvalue weighted by Crippen LogP contribution is -2.52. The fourth-order valence-corrected chi connectivity index (χ4v) is 6.54. The fraction of sp³-hybridized carbons (Fsp3) is 0.0811. The van der Waals surface area contributed by atoms with Crippen LogP contribution in [0.25, 0.3) is 0 Å². The van der Waals surface area contributed by atoms with Gasteiger partial charge in [0, 0.05) is 33.4 Å². The summed E-state index contributed by atoms with van der Waals surface area (Å²) in [7, 11) is 0. The maximum atomic E-state index is 14.7. The first-order valence-corrected chi connectivity index (χ1v) is 14.6. The summed E-state index contributed by atoms with van der Waals surface area (Å²) in [5, 5.41) is 0.447. The topological polar surface area (TPSA) is 74.8 Å². The third kappa shape index (κ3) is 4.43. The zero-order valence-corrected chi connectivity index (χ0v) is 24.1. The van der Waals surface area contributed by atoms with Gasteiger partial charge in [0.1, 0.15) is 11.8 Å². The first-order valence-electron chi connectivity index (χ1n) is 14.3. The van der Waals surface area contributed by atoms with Gasteiger partial charge in [-0.15, -0.1) is 0 Å². The number of ketones is 2. The highest BCUT2D eigenvalue weighted by Crippen LogP contribution is 2.48. The highest BCUT2D eigenvalue weighted by molar-refractivity contribution is 6.31. The van der Waals surface area contributed by atoms with Crippen molar-refractivity contribution in [2.75, 3.05) is 9.80 Å². The van der Waals surface area contributed by atoms with Crippen LogP contribution in [-0.4, -0.2) is 23.4 Å². The minimum Gasteiger partial charge on any atom is -0.293 e. The number of hydrogen-bond donors (Lipinski definition) is 0. The van der Waals surface area contributed by atoms with Crippen LogP contribution in [0, 0.1) is 11.8 Å². The van der Waals surface area contributed by atoms with E-state index in [1.54, 1.807) is 97.1 Å². The summed E-state index contributed by atoms with van der Waals surface area (Å²) in [4.78, 5) is 61.2. The lowest BCUT2D eigenvalue weighted by Gasteiger charge is -2.41. The van der Waals surface area contributed by atoms with Crippen LogP contribution in [0.4, 0.5) is 22.7 Å². The van der Waals surface area contributed by atoms with Crippen molar-refractivity contribution in [3.63, 3.8) is 0 Å². The number of Topliss-reactive ketones (excluding diaryl/α,β-unsaturated/α-hetero) is 2. The van der Waals surface area contributed by atoms with Crippen LogP contribution in [0.1, 0.15) is 32.2 Å². The molecule has 0 saturated heterocycles. The standard InChI is InChI=1S/C37H25ClN2O4/c38-24-21-19-23(20-22-24)31(32-34(41)27-15-7-9-17-29(27)39(36(32)43)25-11-3-1-4-12-25)33-35(42)28-16-8-10-18-30(28)40(37(33)44)26-13-5-2-6-14-26/h1-22,31-33H/t32-,33-/m1/s1. The van der Waals surface area contributed by atoms with Crippen LogP contribution >= 0.6 is 11.6 Å². The van der Waals surface area contributed by atoms with Crippen molar-refractivity contribution in [3.05, 3.63) is 155 Å². The molecule has 5 aromatic rings. The summed E-state index contributed by atoms with van der Waals surface area (Å²) < 4.78 is 0. The Morgan fingerprint density at radius 2 is 0.864 bits per heavy atom. The Morgan fingerprint density at radius 3 is 1.30 bits per heavy atom. The first-order chi connectivity index (χ1) is 21.5. The van der Waals surface area contributed by atoms with Gasteiger partial charge >= 0.3 is 0 Å². The Morgan fingerprint density at radius 1 is 0.477 bits per heavy atom. The van der Waals surface area contributed by atoms with E-state index < -0.39 is 41.1 Å². The Bertz CT molecular complexity index is 1810. The van der Waals surface area contributed by atoms with E-state index in [0.29, 0.717) is 44.5 Å². The normalized spacial score (nSPS) is 18.0. The molecular formula is C37H25ClN2O4. The summed E-state index contributed by atoms with van der Waals surface area (Å²) in [6.07, 6.45) is 0. The Hall–Kier alpha value is -5.33. The molecule has 0 radical (unpaired) electrons. The number of benzene rings is 5. The van der Waals surface area contributed by atoms with E-state index in [1.807, 2.05) is 36.4 Å². The van der Waals surface area contributed by atoms with E-state index in [0.717, 1.165) is 0 Å². The second kappa shape index (κ2) is 11.1. The van der Waals surface area contributed by atoms with Gasteiger partial charge in [0.2, 0.25) is 11.8 Å². The molecule has 5 aromatic carbocycles. The van der Waals surface area contributed by atoms with Crippen LogP contribution in [0.15, 0.2) is 133 Å². The highest BCUT2D eigenvalue weighted by Gasteiger charge is 2.53. The van der Waals surface area contributed by atoms with Crippen molar-refractivity contribution < 1.29 is 19.2 Å². The Kier molecular flexibility index (Phi) is 6.91. The molecule has 0 bridgehead atoms. The van der Waals surface area contributed by atoms with E-state index in [4.69, 9.17) is 11.6 Å². The molecule has 0 fully saturated rings. The Labute approximate surface area is 259 Å². The molecule has 2 aliphatic rings. The van der Waals surface area contributed by atoms with Gasteiger partial charge < -0.3 is 0 Å². The van der Waals surface area contributed by atoms with Gasteiger partial charge in [-0.25, -0.2) is 0 Å². The molecule has 2 aliphatic heterocycles. The molecule has 2 atom stereocenters. The second-order valence-electron chi connectivity index (χ2n) is 10.8. The molecule has 0 spiro atoms. The lowest BCUT2D eigenvalue weighted by atomic mass is 9.68. The zero-order valence-electron chi connectivity index (χ0n) is 23.3. The summed E-state index contributed by atoms with van der Waals surface area (Å²) in [6, 6.07) is 38.7. The van der Waals surface area contributed by atoms with Crippen molar-refractivity contribution in [3.8, 4) is 0 Å². The van der Waals surface area contributed by atoms with Crippen LogP contribution in [-0.2, 0) is 9.59 Å². The number of nitrogens with zero attached hydrogens (tertiary/aromatic N) is 2. The molecule has 7 rings (SSSR count). The smallest absolute Gasteiger partial charge is 0.243 e. The predicted octanol–water partition coefficient (Wildman–Crippen LogP) is 7.78. The van der Waals surface area contributed by atoms with E-state index in [9.17, 15) is 19.2 Å². The van der Waals surface area contributed by atoms with E-state index in [1.165, 1.54) is 9.80 Å². The fourth-order valence-electron chi connectivity index (χ4n) is 6.41. The molecule has 44 heavy (non-hydrogen) atoms. The molecule has 0 aromatic heterocycles. The largest absolute Gasteiger partial charge is 0.293 e. The minimum absolute atomic E-state index is 0.343. The summed E-state index contributed by atoms with van der Waals surface area (Å²) in [5.41, 5.74) is 3.25. The van der Waals surface area contributed by atoms with Gasteiger partial charge in [0.15, 0.2) is 11.6 Å². The molecule has 0 unspecified atom stereocenters. The number of halogens is 1. The highest BCUT2D eigenvalue weighted by atomic mass is 35.5. The quantitative estimate of drug-likeness (QED) is 0.194. The van der Waals surface area contributed by atoms with Gasteiger partial charge in [-0.3, -0.25) is 29.0 Å². The lowest BCUT2D eigenvalue weighted by molar-refractivity contribution is -0.123. The first kappa shape index (κ1) is 27.5. The summed E-state index contributed by atoms with van der Waals surface area (Å²) >= 11 is 6.26. The van der Waals surface area contributed by atoms with Crippen molar-refractivity contribution >= 4 is 57.7 Å². The average Bonchev–Trinajstić information content (AvgIpc) is 3.06. The van der Waals surface area contributed by atoms with Gasteiger partial charge in [-0.05, 0) is 66.2 Å². The number of rotatable bonds is 5. The number of fused-ring (bicyclic) bond motifs is 2. The van der Waals surface area contributed by atoms with E-state index in [2.05, 4.69) is 0 Å². The molecular weight excluding hydrogens is 572 g/mol. The van der Waals surface area contributed by atoms with Crippen LogP contribution < -0.4 is 9.80 Å². The third-order valence-corrected chi connectivity index (χ3v) is 8.61. The van der Waals surface area contributed by atoms with E-state index in [-0.39, 0.29) is 0 Å². The summed E-state index contributed by atoms with van der Waals surface area (Å²) in [5.74, 6) is -5.76. The Balaban J connectivity index is 1.46. The van der Waals surface area contributed by atoms with Gasteiger partial charge in [0.25, 0.3) is 0 Å². The predicted molar refractivity (Wildman–Crippen MR) is 170 cm³/mol. The second-order valence-corrected chi connectivity index (χ2v) is 11.3. The SMILES string of the molecule is O=C1c2ccccc2N(c2ccccc2)C(=O)[C@@H]1C(c1ccc(Cl)cc1)[C@@H]1C(=O)c2ccccc2N(c2ccccc2)C1=O. The maximum absolute atomic E-state index is 14.7. The molecule has 6 nitrogen and oxygen atoms in total. The molecule has 2 amide bonds. The maximum Gasteiger partial charge on any atom is 0.243 e. The number of carbonyl (C=O) groups is 4. The van der Waals surface area contributed by atoms with Crippen molar-refractivity contribution in [2.24, 2.45) is 11.8 Å². The van der Waals surface area contributed by atoms with Crippen LogP contribution in [0.3, 0.4) is 0 Å². The summed E-state index contributed by atoms with van der Waals surface area (Å²) in [6.45, 7) is 0. The van der Waals surface area contributed by atoms with Gasteiger partial charge in [-0.2, -0.15) is 0 Å². The molecule has 0 saturated carbocycles. The van der Waals surface area contributed by atoms with E-state index >= 15 is 0 Å². The monoisotopic (exact) mass is 596 g/mol. The number of hydrogen-bond acceptors (Lipinski definition) is 4. The molecule has 214 valence electrons. The minimum atomic E-state index is -1.37. The zero-order chi connectivity index (χ0) is 30.4. The van der Waals surface area contributed by atoms with Crippen molar-refractivity contribution in [2.45, 2.75) is 5.92 Å². The third-order valence-electron chi connectivity index (χ3n) is 8.36. The van der Waals surface area contributed by atoms with Gasteiger partial charge in [-0.1, -0.05) is 84.4 Å². The average molecular weight is 597 g/mol. The van der Waals surface area contributed by atoms with Gasteiger partial charge in [0.05, 0.1) is 11.4 Å².